The molecule has 6 heteroatoms. The smallest absolute Gasteiger partial charge is 0.251 e. The minimum absolute atomic E-state index is 0.0881. The van der Waals surface area contributed by atoms with E-state index in [4.69, 9.17) is 4.74 Å². The monoisotopic (exact) mass is 322 g/mol. The van der Waals surface area contributed by atoms with Gasteiger partial charge >= 0.3 is 0 Å². The van der Waals surface area contributed by atoms with Crippen LogP contribution in [0.1, 0.15) is 23.0 Å². The maximum absolute atomic E-state index is 11.7. The van der Waals surface area contributed by atoms with Crippen molar-refractivity contribution in [3.63, 3.8) is 0 Å². The average Bonchev–Trinajstić information content (AvgIpc) is 3.10. The van der Waals surface area contributed by atoms with Gasteiger partial charge in [0.15, 0.2) is 0 Å². The molecule has 0 saturated heterocycles. The molecule has 0 spiro atoms. The summed E-state index contributed by atoms with van der Waals surface area (Å²) < 4.78 is 5.69. The number of hydrogen-bond donors (Lipinski definition) is 1. The van der Waals surface area contributed by atoms with Crippen molar-refractivity contribution in [1.29, 1.82) is 0 Å². The lowest BCUT2D eigenvalue weighted by Crippen LogP contribution is -2.22. The lowest BCUT2D eigenvalue weighted by Gasteiger charge is -2.06. The third-order valence-electron chi connectivity index (χ3n) is 3.37. The van der Waals surface area contributed by atoms with Gasteiger partial charge in [0.2, 0.25) is 0 Å². The number of para-hydroxylation sites is 1. The number of rotatable bonds is 6. The zero-order chi connectivity index (χ0) is 16.8. The van der Waals surface area contributed by atoms with Crippen LogP contribution in [0.4, 0.5) is 0 Å². The van der Waals surface area contributed by atoms with Gasteiger partial charge in [0.05, 0.1) is 11.9 Å². The average molecular weight is 322 g/mol. The summed E-state index contributed by atoms with van der Waals surface area (Å²) in [6, 6.07) is 16.7. The molecule has 0 aliphatic rings. The lowest BCUT2D eigenvalue weighted by molar-refractivity contribution is 0.0956. The molecule has 0 aliphatic heterocycles. The van der Waals surface area contributed by atoms with Gasteiger partial charge in [0.25, 0.3) is 5.91 Å². The summed E-state index contributed by atoms with van der Waals surface area (Å²) in [7, 11) is 0. The molecule has 0 radical (unpaired) electrons. The zero-order valence-electron chi connectivity index (χ0n) is 13.3. The number of carbonyl (C=O) groups excluding carboxylic acids is 1. The molecular weight excluding hydrogens is 304 g/mol. The zero-order valence-corrected chi connectivity index (χ0v) is 13.3. The molecule has 6 nitrogen and oxygen atoms in total. The second kappa shape index (κ2) is 7.41. The predicted molar refractivity (Wildman–Crippen MR) is 90.1 cm³/mol. The van der Waals surface area contributed by atoms with Gasteiger partial charge in [-0.05, 0) is 43.3 Å². The van der Waals surface area contributed by atoms with Gasteiger partial charge in [-0.1, -0.05) is 18.2 Å². The number of nitrogens with zero attached hydrogens (tertiary/aromatic N) is 3. The van der Waals surface area contributed by atoms with Crippen molar-refractivity contribution >= 4 is 5.91 Å². The number of ether oxygens (including phenoxy) is 1. The summed E-state index contributed by atoms with van der Waals surface area (Å²) in [6.07, 6.45) is 1.68. The molecule has 1 heterocycles. The molecular formula is C18H18N4O2. The fourth-order valence-electron chi connectivity index (χ4n) is 2.17. The van der Waals surface area contributed by atoms with Crippen LogP contribution in [-0.4, -0.2) is 27.4 Å². The minimum atomic E-state index is -0.0881. The van der Waals surface area contributed by atoms with Crippen molar-refractivity contribution in [3.8, 4) is 11.4 Å². The van der Waals surface area contributed by atoms with Crippen LogP contribution in [-0.2, 0) is 6.61 Å². The quantitative estimate of drug-likeness (QED) is 0.757. The maximum atomic E-state index is 11.7. The molecule has 0 bridgehead atoms. The fourth-order valence-corrected chi connectivity index (χ4v) is 2.17. The molecule has 3 rings (SSSR count). The second-order valence-corrected chi connectivity index (χ2v) is 5.13. The number of aromatic nitrogens is 3. The van der Waals surface area contributed by atoms with Crippen LogP contribution in [0, 0.1) is 0 Å². The van der Waals surface area contributed by atoms with E-state index in [0.717, 1.165) is 11.4 Å². The Kier molecular flexibility index (Phi) is 4.86. The van der Waals surface area contributed by atoms with E-state index in [2.05, 4.69) is 15.5 Å². The van der Waals surface area contributed by atoms with Crippen molar-refractivity contribution in [1.82, 2.24) is 20.3 Å². The van der Waals surface area contributed by atoms with Crippen molar-refractivity contribution in [2.24, 2.45) is 0 Å². The first-order valence-corrected chi connectivity index (χ1v) is 7.74. The van der Waals surface area contributed by atoms with E-state index in [1.54, 1.807) is 35.3 Å². The minimum Gasteiger partial charge on any atom is -0.487 e. The molecule has 0 atom stereocenters. The summed E-state index contributed by atoms with van der Waals surface area (Å²) in [5, 5.41) is 11.4. The fraction of sp³-hybridized carbons (Fsp3) is 0.167. The maximum Gasteiger partial charge on any atom is 0.251 e. The molecule has 2 aromatic carbocycles. The Morgan fingerprint density at radius 1 is 1.12 bits per heavy atom. The third kappa shape index (κ3) is 3.78. The molecule has 0 fully saturated rings. The van der Waals surface area contributed by atoms with Crippen LogP contribution in [0.25, 0.3) is 5.69 Å². The topological polar surface area (TPSA) is 69.0 Å². The highest BCUT2D eigenvalue weighted by atomic mass is 16.5. The van der Waals surface area contributed by atoms with Gasteiger partial charge in [-0.2, -0.15) is 9.90 Å². The molecule has 24 heavy (non-hydrogen) atoms. The van der Waals surface area contributed by atoms with E-state index < -0.39 is 0 Å². The van der Waals surface area contributed by atoms with Crippen LogP contribution < -0.4 is 10.1 Å². The van der Waals surface area contributed by atoms with E-state index >= 15 is 0 Å². The van der Waals surface area contributed by atoms with Gasteiger partial charge in [-0.3, -0.25) is 4.79 Å². The Bertz CT molecular complexity index is 797. The van der Waals surface area contributed by atoms with E-state index in [1.807, 2.05) is 37.3 Å². The molecule has 0 unspecified atom stereocenters. The number of carbonyl (C=O) groups is 1. The Balaban J connectivity index is 1.60. The number of amides is 1. The van der Waals surface area contributed by atoms with Crippen LogP contribution in [0.5, 0.6) is 5.75 Å². The van der Waals surface area contributed by atoms with Gasteiger partial charge in [0.1, 0.15) is 18.1 Å². The summed E-state index contributed by atoms with van der Waals surface area (Å²) >= 11 is 0. The van der Waals surface area contributed by atoms with E-state index in [1.165, 1.54) is 0 Å². The standard InChI is InChI=1S/C18H18N4O2/c1-2-19-18(23)14-8-10-17(11-9-14)24-13-15-12-20-22(21-15)16-6-4-3-5-7-16/h3-12H,2,13H2,1H3,(H,19,23). The Labute approximate surface area is 140 Å². The molecule has 3 aromatic rings. The van der Waals surface area contributed by atoms with Gasteiger partial charge in [-0.25, -0.2) is 0 Å². The van der Waals surface area contributed by atoms with Crippen LogP contribution in [0.2, 0.25) is 0 Å². The summed E-state index contributed by atoms with van der Waals surface area (Å²) in [6.45, 7) is 2.81. The Hall–Kier alpha value is -3.15. The molecule has 1 amide bonds. The van der Waals surface area contributed by atoms with Crippen LogP contribution in [0.3, 0.4) is 0 Å². The normalized spacial score (nSPS) is 10.4. The van der Waals surface area contributed by atoms with E-state index in [0.29, 0.717) is 24.5 Å². The van der Waals surface area contributed by atoms with Gasteiger partial charge < -0.3 is 10.1 Å². The SMILES string of the molecule is CCNC(=O)c1ccc(OCc2cnn(-c3ccccc3)n2)cc1. The second-order valence-electron chi connectivity index (χ2n) is 5.13. The third-order valence-corrected chi connectivity index (χ3v) is 3.37. The van der Waals surface area contributed by atoms with Crippen LogP contribution in [0.15, 0.2) is 60.8 Å². The molecule has 0 aliphatic carbocycles. The molecule has 0 saturated carbocycles. The van der Waals surface area contributed by atoms with E-state index in [-0.39, 0.29) is 5.91 Å². The lowest BCUT2D eigenvalue weighted by atomic mass is 10.2. The largest absolute Gasteiger partial charge is 0.487 e. The summed E-state index contributed by atoms with van der Waals surface area (Å²) in [5.74, 6) is 0.590. The number of benzene rings is 2. The highest BCUT2D eigenvalue weighted by Gasteiger charge is 2.06. The van der Waals surface area contributed by atoms with Gasteiger partial charge in [0, 0.05) is 12.1 Å². The Morgan fingerprint density at radius 3 is 2.58 bits per heavy atom. The first-order chi connectivity index (χ1) is 11.8. The van der Waals surface area contributed by atoms with Crippen molar-refractivity contribution in [3.05, 3.63) is 72.1 Å². The highest BCUT2D eigenvalue weighted by Crippen LogP contribution is 2.14. The molecule has 1 aromatic heterocycles. The predicted octanol–water partition coefficient (Wildman–Crippen LogP) is 2.60. The Morgan fingerprint density at radius 2 is 1.88 bits per heavy atom. The van der Waals surface area contributed by atoms with Gasteiger partial charge in [-0.15, -0.1) is 5.10 Å². The summed E-state index contributed by atoms with van der Waals surface area (Å²) in [4.78, 5) is 13.3. The van der Waals surface area contributed by atoms with E-state index in [9.17, 15) is 4.79 Å². The molecule has 122 valence electrons. The first kappa shape index (κ1) is 15.7. The van der Waals surface area contributed by atoms with Crippen molar-refractivity contribution in [2.45, 2.75) is 13.5 Å². The van der Waals surface area contributed by atoms with Crippen LogP contribution >= 0.6 is 0 Å². The first-order valence-electron chi connectivity index (χ1n) is 7.74. The number of hydrogen-bond acceptors (Lipinski definition) is 4. The summed E-state index contributed by atoms with van der Waals surface area (Å²) in [5.41, 5.74) is 2.24. The molecule has 1 N–H and O–H groups in total. The van der Waals surface area contributed by atoms with Crippen molar-refractivity contribution < 1.29 is 9.53 Å². The number of nitrogens with one attached hydrogen (secondary N) is 1. The highest BCUT2D eigenvalue weighted by molar-refractivity contribution is 5.94. The van der Waals surface area contributed by atoms with Crippen molar-refractivity contribution in [2.75, 3.05) is 6.54 Å².